The molecule has 0 saturated carbocycles. The summed E-state index contributed by atoms with van der Waals surface area (Å²) in [5.41, 5.74) is 2.08. The Bertz CT molecular complexity index is 459. The minimum absolute atomic E-state index is 0.125. The van der Waals surface area contributed by atoms with Crippen LogP contribution in [0.15, 0.2) is 24.3 Å². The minimum Gasteiger partial charge on any atom is -0.481 e. The molecule has 0 saturated heterocycles. The van der Waals surface area contributed by atoms with E-state index in [-0.39, 0.29) is 12.8 Å². The maximum Gasteiger partial charge on any atom is 0.304 e. The summed E-state index contributed by atoms with van der Waals surface area (Å²) in [5, 5.41) is 17.4. The third-order valence-corrected chi connectivity index (χ3v) is 3.11. The third-order valence-electron chi connectivity index (χ3n) is 3.11. The van der Waals surface area contributed by atoms with Crippen LogP contribution in [0.2, 0.25) is 0 Å². The lowest BCUT2D eigenvalue weighted by atomic mass is 10.1. The first-order valence-corrected chi connectivity index (χ1v) is 6.75. The van der Waals surface area contributed by atoms with Crippen molar-refractivity contribution in [1.82, 2.24) is 4.90 Å². The number of hydrogen-bond acceptors (Lipinski definition) is 3. The van der Waals surface area contributed by atoms with Crippen LogP contribution in [0.1, 0.15) is 30.9 Å². The van der Waals surface area contributed by atoms with Crippen molar-refractivity contribution in [2.45, 2.75) is 32.7 Å². The van der Waals surface area contributed by atoms with Crippen LogP contribution in [-0.2, 0) is 22.6 Å². The Morgan fingerprint density at radius 1 is 1.10 bits per heavy atom. The predicted molar refractivity (Wildman–Crippen MR) is 75.6 cm³/mol. The van der Waals surface area contributed by atoms with Crippen molar-refractivity contribution in [3.05, 3.63) is 35.4 Å². The van der Waals surface area contributed by atoms with Crippen molar-refractivity contribution in [1.29, 1.82) is 0 Å². The highest BCUT2D eigenvalue weighted by Gasteiger charge is 2.07. The molecule has 1 rings (SSSR count). The van der Waals surface area contributed by atoms with Crippen LogP contribution in [0.5, 0.6) is 0 Å². The lowest BCUT2D eigenvalue weighted by molar-refractivity contribution is -0.138. The Hall–Kier alpha value is -1.88. The molecule has 0 amide bonds. The number of aryl methyl sites for hydroxylation is 1. The third kappa shape index (κ3) is 6.33. The summed E-state index contributed by atoms with van der Waals surface area (Å²) in [7, 11) is 0. The highest BCUT2D eigenvalue weighted by molar-refractivity contribution is 5.67. The van der Waals surface area contributed by atoms with Gasteiger partial charge in [0, 0.05) is 19.5 Å². The van der Waals surface area contributed by atoms with Gasteiger partial charge in [0.2, 0.25) is 0 Å². The van der Waals surface area contributed by atoms with E-state index in [0.717, 1.165) is 17.7 Å². The van der Waals surface area contributed by atoms with Crippen LogP contribution in [0.3, 0.4) is 0 Å². The molecule has 20 heavy (non-hydrogen) atoms. The van der Waals surface area contributed by atoms with E-state index >= 15 is 0 Å². The molecule has 0 bridgehead atoms. The summed E-state index contributed by atoms with van der Waals surface area (Å²) in [6, 6.07) is 7.80. The molecule has 0 fully saturated rings. The van der Waals surface area contributed by atoms with Crippen LogP contribution in [0.4, 0.5) is 0 Å². The highest BCUT2D eigenvalue weighted by atomic mass is 16.4. The topological polar surface area (TPSA) is 77.8 Å². The summed E-state index contributed by atoms with van der Waals surface area (Å²) in [5.74, 6) is -1.59. The van der Waals surface area contributed by atoms with E-state index in [4.69, 9.17) is 10.2 Å². The molecule has 5 nitrogen and oxygen atoms in total. The van der Waals surface area contributed by atoms with E-state index < -0.39 is 11.9 Å². The first-order valence-electron chi connectivity index (χ1n) is 6.75. The summed E-state index contributed by atoms with van der Waals surface area (Å²) in [6.45, 7) is 3.98. The van der Waals surface area contributed by atoms with E-state index in [0.29, 0.717) is 19.5 Å². The van der Waals surface area contributed by atoms with Crippen molar-refractivity contribution in [3.63, 3.8) is 0 Å². The Kier molecular flexibility index (Phi) is 6.73. The first-order chi connectivity index (χ1) is 9.51. The quantitative estimate of drug-likeness (QED) is 0.723. The van der Waals surface area contributed by atoms with Crippen LogP contribution in [0, 0.1) is 0 Å². The van der Waals surface area contributed by atoms with Gasteiger partial charge in [0.15, 0.2) is 0 Å². The zero-order valence-corrected chi connectivity index (χ0v) is 11.7. The number of aliphatic carboxylic acids is 2. The van der Waals surface area contributed by atoms with Gasteiger partial charge in [0.1, 0.15) is 0 Å². The van der Waals surface area contributed by atoms with Gasteiger partial charge in [-0.1, -0.05) is 31.2 Å². The largest absolute Gasteiger partial charge is 0.481 e. The van der Waals surface area contributed by atoms with E-state index in [1.165, 1.54) is 0 Å². The van der Waals surface area contributed by atoms with Crippen molar-refractivity contribution in [3.8, 4) is 0 Å². The molecule has 0 radical (unpaired) electrons. The zero-order chi connectivity index (χ0) is 15.0. The summed E-state index contributed by atoms with van der Waals surface area (Å²) >= 11 is 0. The predicted octanol–water partition coefficient (Wildman–Crippen LogP) is 2.00. The van der Waals surface area contributed by atoms with Crippen molar-refractivity contribution in [2.24, 2.45) is 0 Å². The normalized spacial score (nSPS) is 10.7. The fourth-order valence-corrected chi connectivity index (χ4v) is 2.00. The zero-order valence-electron chi connectivity index (χ0n) is 11.7. The number of carboxylic acid groups (broad SMARTS) is 2. The second-order valence-corrected chi connectivity index (χ2v) is 4.73. The average Bonchev–Trinajstić information content (AvgIpc) is 2.41. The molecular weight excluding hydrogens is 258 g/mol. The van der Waals surface area contributed by atoms with E-state index in [1.54, 1.807) is 0 Å². The smallest absolute Gasteiger partial charge is 0.304 e. The number of hydrogen-bond donors (Lipinski definition) is 2. The lowest BCUT2D eigenvalue weighted by Gasteiger charge is -2.19. The number of benzene rings is 1. The Morgan fingerprint density at radius 2 is 1.75 bits per heavy atom. The van der Waals surface area contributed by atoms with Gasteiger partial charge in [0.25, 0.3) is 0 Å². The standard InChI is InChI=1S/C15H21NO4/c1-2-16(9-8-15(19)20)11-13-5-3-4-12(10-13)6-7-14(17)18/h3-5,10H,2,6-9,11H2,1H3,(H,17,18)(H,19,20). The van der Waals surface area contributed by atoms with Gasteiger partial charge in [-0.3, -0.25) is 14.5 Å². The van der Waals surface area contributed by atoms with Crippen LogP contribution in [-0.4, -0.2) is 40.1 Å². The monoisotopic (exact) mass is 279 g/mol. The van der Waals surface area contributed by atoms with Crippen LogP contribution in [0.25, 0.3) is 0 Å². The SMILES string of the molecule is CCN(CCC(=O)O)Cc1cccc(CCC(=O)O)c1. The lowest BCUT2D eigenvalue weighted by Crippen LogP contribution is -2.25. The second kappa shape index (κ2) is 8.32. The van der Waals surface area contributed by atoms with Gasteiger partial charge in [0.05, 0.1) is 6.42 Å². The molecule has 0 aliphatic rings. The maximum absolute atomic E-state index is 10.6. The van der Waals surface area contributed by atoms with Crippen molar-refractivity contribution in [2.75, 3.05) is 13.1 Å². The fourth-order valence-electron chi connectivity index (χ4n) is 2.00. The molecule has 1 aromatic rings. The number of carboxylic acids is 2. The van der Waals surface area contributed by atoms with Crippen molar-refractivity contribution < 1.29 is 19.8 Å². The Balaban J connectivity index is 2.58. The van der Waals surface area contributed by atoms with E-state index in [2.05, 4.69) is 4.90 Å². The van der Waals surface area contributed by atoms with Gasteiger partial charge in [-0.15, -0.1) is 0 Å². The number of nitrogens with zero attached hydrogens (tertiary/aromatic N) is 1. The molecule has 5 heteroatoms. The van der Waals surface area contributed by atoms with Gasteiger partial charge in [-0.25, -0.2) is 0 Å². The molecule has 0 heterocycles. The second-order valence-electron chi connectivity index (χ2n) is 4.73. The van der Waals surface area contributed by atoms with Crippen LogP contribution < -0.4 is 0 Å². The minimum atomic E-state index is -0.799. The Morgan fingerprint density at radius 3 is 2.35 bits per heavy atom. The molecule has 110 valence electrons. The molecule has 0 unspecified atom stereocenters. The van der Waals surface area contributed by atoms with Gasteiger partial charge in [-0.2, -0.15) is 0 Å². The van der Waals surface area contributed by atoms with Crippen LogP contribution >= 0.6 is 0 Å². The highest BCUT2D eigenvalue weighted by Crippen LogP contribution is 2.10. The molecule has 2 N–H and O–H groups in total. The molecule has 0 aliphatic carbocycles. The van der Waals surface area contributed by atoms with Gasteiger partial charge in [-0.05, 0) is 24.1 Å². The summed E-state index contributed by atoms with van der Waals surface area (Å²) in [6.07, 6.45) is 0.775. The molecule has 0 aromatic heterocycles. The first kappa shape index (κ1) is 16.2. The Labute approximate surface area is 118 Å². The van der Waals surface area contributed by atoms with Gasteiger partial charge >= 0.3 is 11.9 Å². The fraction of sp³-hybridized carbons (Fsp3) is 0.467. The molecule has 0 atom stereocenters. The molecular formula is C15H21NO4. The molecule has 1 aromatic carbocycles. The van der Waals surface area contributed by atoms with Crippen molar-refractivity contribution >= 4 is 11.9 Å². The van der Waals surface area contributed by atoms with E-state index in [9.17, 15) is 9.59 Å². The van der Waals surface area contributed by atoms with Gasteiger partial charge < -0.3 is 10.2 Å². The maximum atomic E-state index is 10.6. The summed E-state index contributed by atoms with van der Waals surface area (Å²) in [4.78, 5) is 23.2. The van der Waals surface area contributed by atoms with E-state index in [1.807, 2.05) is 31.2 Å². The average molecular weight is 279 g/mol. The molecule has 0 aliphatic heterocycles. The number of rotatable bonds is 9. The molecule has 0 spiro atoms. The number of carbonyl (C=O) groups is 2. The summed E-state index contributed by atoms with van der Waals surface area (Å²) < 4.78 is 0.